The molecule has 70 valence electrons. The van der Waals surface area contributed by atoms with E-state index in [0.717, 1.165) is 0 Å². The van der Waals surface area contributed by atoms with Crippen LogP contribution in [0.3, 0.4) is 0 Å². The second kappa shape index (κ2) is 4.10. The van der Waals surface area contributed by atoms with Gasteiger partial charge in [-0.1, -0.05) is 0 Å². The van der Waals surface area contributed by atoms with Crippen LogP contribution in [0.5, 0.6) is 0 Å². The molecule has 0 heterocycles. The Morgan fingerprint density at radius 3 is 2.50 bits per heavy atom. The molecule has 0 unspecified atom stereocenters. The number of carboxylic acid groups (broad SMARTS) is 1. The Morgan fingerprint density at radius 2 is 2.17 bits per heavy atom. The van der Waals surface area contributed by atoms with Gasteiger partial charge in [0.15, 0.2) is 5.11 Å². The third kappa shape index (κ3) is 5.72. The van der Waals surface area contributed by atoms with Crippen molar-refractivity contribution in [2.75, 3.05) is 6.54 Å². The molecule has 0 aliphatic rings. The van der Waals surface area contributed by atoms with Gasteiger partial charge in [0.05, 0.1) is 5.54 Å². The number of amides is 1. The summed E-state index contributed by atoms with van der Waals surface area (Å²) < 4.78 is 0. The first-order chi connectivity index (χ1) is 5.33. The van der Waals surface area contributed by atoms with Gasteiger partial charge in [-0.05, 0) is 26.1 Å². The third-order valence-electron chi connectivity index (χ3n) is 1.15. The molecule has 5 N–H and O–H groups in total. The molecule has 0 fully saturated rings. The normalized spacial score (nSPS) is 10.5. The SMILES string of the molecule is CC(C)(CNC(N)=S)NC(=O)O. The maximum Gasteiger partial charge on any atom is 0.405 e. The Bertz CT molecular complexity index is 193. The summed E-state index contributed by atoms with van der Waals surface area (Å²) in [7, 11) is 0. The van der Waals surface area contributed by atoms with Gasteiger partial charge in [-0.2, -0.15) is 0 Å². The minimum absolute atomic E-state index is 0.162. The number of hydrogen-bond donors (Lipinski definition) is 4. The molecular formula is C6H13N3O2S. The van der Waals surface area contributed by atoms with Crippen LogP contribution in [0.1, 0.15) is 13.8 Å². The molecule has 0 aromatic carbocycles. The number of carbonyl (C=O) groups is 1. The fourth-order valence-corrected chi connectivity index (χ4v) is 0.714. The lowest BCUT2D eigenvalue weighted by Gasteiger charge is -2.24. The zero-order valence-corrected chi connectivity index (χ0v) is 7.86. The van der Waals surface area contributed by atoms with Crippen molar-refractivity contribution in [1.29, 1.82) is 0 Å². The largest absolute Gasteiger partial charge is 0.465 e. The first-order valence-electron chi connectivity index (χ1n) is 3.38. The fraction of sp³-hybridized carbons (Fsp3) is 0.667. The molecule has 5 nitrogen and oxygen atoms in total. The predicted molar refractivity (Wildman–Crippen MR) is 50.0 cm³/mol. The summed E-state index contributed by atoms with van der Waals surface area (Å²) in [5.41, 5.74) is 4.60. The number of hydrogen-bond acceptors (Lipinski definition) is 2. The van der Waals surface area contributed by atoms with E-state index in [1.807, 2.05) is 0 Å². The second-order valence-electron chi connectivity index (χ2n) is 3.03. The molecule has 0 aromatic heterocycles. The average Bonchev–Trinajstić information content (AvgIpc) is 1.81. The van der Waals surface area contributed by atoms with Gasteiger partial charge in [-0.3, -0.25) is 0 Å². The van der Waals surface area contributed by atoms with E-state index >= 15 is 0 Å². The number of nitrogens with one attached hydrogen (secondary N) is 2. The van der Waals surface area contributed by atoms with E-state index in [0.29, 0.717) is 6.54 Å². The summed E-state index contributed by atoms with van der Waals surface area (Å²) in [5.74, 6) is 0. The lowest BCUT2D eigenvalue weighted by atomic mass is 10.1. The van der Waals surface area contributed by atoms with Gasteiger partial charge >= 0.3 is 6.09 Å². The van der Waals surface area contributed by atoms with Gasteiger partial charge in [0.2, 0.25) is 0 Å². The van der Waals surface area contributed by atoms with E-state index < -0.39 is 11.6 Å². The van der Waals surface area contributed by atoms with Gasteiger partial charge < -0.3 is 21.5 Å². The zero-order chi connectivity index (χ0) is 9.78. The molecule has 0 radical (unpaired) electrons. The molecule has 12 heavy (non-hydrogen) atoms. The topological polar surface area (TPSA) is 87.4 Å². The summed E-state index contributed by atoms with van der Waals surface area (Å²) in [5, 5.41) is 13.6. The summed E-state index contributed by atoms with van der Waals surface area (Å²) >= 11 is 4.57. The van der Waals surface area contributed by atoms with Crippen molar-refractivity contribution >= 4 is 23.4 Å². The lowest BCUT2D eigenvalue weighted by molar-refractivity contribution is 0.182. The molecule has 0 atom stereocenters. The summed E-state index contributed by atoms with van der Waals surface area (Å²) in [6.45, 7) is 3.83. The quantitative estimate of drug-likeness (QED) is 0.467. The molecule has 0 aliphatic heterocycles. The van der Waals surface area contributed by atoms with Crippen LogP contribution in [-0.4, -0.2) is 28.4 Å². The highest BCUT2D eigenvalue weighted by Crippen LogP contribution is 1.98. The van der Waals surface area contributed by atoms with Gasteiger partial charge in [0.1, 0.15) is 0 Å². The van der Waals surface area contributed by atoms with Crippen molar-refractivity contribution in [1.82, 2.24) is 10.6 Å². The monoisotopic (exact) mass is 191 g/mol. The Morgan fingerprint density at radius 1 is 1.67 bits per heavy atom. The van der Waals surface area contributed by atoms with Crippen LogP contribution in [0.4, 0.5) is 4.79 Å². The summed E-state index contributed by atoms with van der Waals surface area (Å²) in [4.78, 5) is 10.3. The molecule has 6 heteroatoms. The van der Waals surface area contributed by atoms with Crippen molar-refractivity contribution in [2.24, 2.45) is 5.73 Å². The van der Waals surface area contributed by atoms with Crippen LogP contribution in [-0.2, 0) is 0 Å². The van der Waals surface area contributed by atoms with Crippen molar-refractivity contribution < 1.29 is 9.90 Å². The highest BCUT2D eigenvalue weighted by atomic mass is 32.1. The first-order valence-corrected chi connectivity index (χ1v) is 3.79. The smallest absolute Gasteiger partial charge is 0.405 e. The minimum Gasteiger partial charge on any atom is -0.465 e. The standard InChI is InChI=1S/C6H13N3O2S/c1-6(2,9-5(10)11)3-8-4(7)12/h9H,3H2,1-2H3,(H,10,11)(H3,7,8,12). The van der Waals surface area contributed by atoms with Crippen molar-refractivity contribution in [3.63, 3.8) is 0 Å². The highest BCUT2D eigenvalue weighted by molar-refractivity contribution is 7.80. The number of thiocarbonyl (C=S) groups is 1. The van der Waals surface area contributed by atoms with Crippen LogP contribution in [0.25, 0.3) is 0 Å². The first kappa shape index (κ1) is 11.0. The Balaban J connectivity index is 3.86. The number of nitrogens with two attached hydrogens (primary N) is 1. The van der Waals surface area contributed by atoms with E-state index in [1.54, 1.807) is 13.8 Å². The van der Waals surface area contributed by atoms with Crippen LogP contribution in [0.15, 0.2) is 0 Å². The Kier molecular flexibility index (Phi) is 3.75. The summed E-state index contributed by atoms with van der Waals surface area (Å²) in [6, 6.07) is 0. The molecule has 0 saturated heterocycles. The Hall–Kier alpha value is -1.04. The van der Waals surface area contributed by atoms with Crippen molar-refractivity contribution in [3.8, 4) is 0 Å². The molecule has 0 aromatic rings. The molecule has 1 amide bonds. The number of rotatable bonds is 3. The highest BCUT2D eigenvalue weighted by Gasteiger charge is 2.19. The molecule has 0 rings (SSSR count). The molecule has 0 spiro atoms. The molecular weight excluding hydrogens is 178 g/mol. The van der Waals surface area contributed by atoms with E-state index in [4.69, 9.17) is 10.8 Å². The maximum absolute atomic E-state index is 10.3. The lowest BCUT2D eigenvalue weighted by Crippen LogP contribution is -2.51. The van der Waals surface area contributed by atoms with Gasteiger partial charge in [-0.15, -0.1) is 0 Å². The minimum atomic E-state index is -1.07. The second-order valence-corrected chi connectivity index (χ2v) is 3.47. The van der Waals surface area contributed by atoms with Crippen molar-refractivity contribution in [3.05, 3.63) is 0 Å². The van der Waals surface area contributed by atoms with Gasteiger partial charge in [0, 0.05) is 6.54 Å². The fourth-order valence-electron chi connectivity index (χ4n) is 0.642. The van der Waals surface area contributed by atoms with Crippen molar-refractivity contribution in [2.45, 2.75) is 19.4 Å². The van der Waals surface area contributed by atoms with Crippen LogP contribution in [0, 0.1) is 0 Å². The summed E-state index contributed by atoms with van der Waals surface area (Å²) in [6.07, 6.45) is -1.07. The van der Waals surface area contributed by atoms with Gasteiger partial charge in [0.25, 0.3) is 0 Å². The molecule has 0 saturated carbocycles. The molecule has 0 bridgehead atoms. The predicted octanol–water partition coefficient (Wildman–Crippen LogP) is -0.134. The third-order valence-corrected chi connectivity index (χ3v) is 1.29. The molecule has 0 aliphatic carbocycles. The van der Waals surface area contributed by atoms with E-state index in [-0.39, 0.29) is 5.11 Å². The van der Waals surface area contributed by atoms with E-state index in [2.05, 4.69) is 22.9 Å². The van der Waals surface area contributed by atoms with Gasteiger partial charge in [-0.25, -0.2) is 4.79 Å². The maximum atomic E-state index is 10.3. The van der Waals surface area contributed by atoms with Crippen LogP contribution >= 0.6 is 12.2 Å². The Labute approximate surface area is 76.3 Å². The van der Waals surface area contributed by atoms with E-state index in [9.17, 15) is 4.79 Å². The average molecular weight is 191 g/mol. The van der Waals surface area contributed by atoms with Crippen LogP contribution in [0.2, 0.25) is 0 Å². The zero-order valence-electron chi connectivity index (χ0n) is 7.05. The van der Waals surface area contributed by atoms with Crippen LogP contribution < -0.4 is 16.4 Å². The van der Waals surface area contributed by atoms with E-state index in [1.165, 1.54) is 0 Å².